The van der Waals surface area contributed by atoms with Gasteiger partial charge in [-0.15, -0.1) is 5.10 Å². The molecule has 0 N–H and O–H groups in total. The molecule has 0 aliphatic heterocycles. The Hall–Kier alpha value is -4.90. The minimum atomic E-state index is -4.67. The summed E-state index contributed by atoms with van der Waals surface area (Å²) >= 11 is 6.31. The molecule has 0 spiro atoms. The second kappa shape index (κ2) is 11.9. The molecule has 0 aliphatic carbocycles. The zero-order valence-electron chi connectivity index (χ0n) is 24.6. The van der Waals surface area contributed by atoms with Gasteiger partial charge in [-0.1, -0.05) is 48.0 Å². The molecular weight excluding hydrogens is 605 g/mol. The van der Waals surface area contributed by atoms with Gasteiger partial charge >= 0.3 is 6.18 Å². The van der Waals surface area contributed by atoms with Gasteiger partial charge < -0.3 is 9.30 Å². The van der Waals surface area contributed by atoms with Crippen molar-refractivity contribution in [1.29, 1.82) is 0 Å². The first-order valence-electron chi connectivity index (χ1n) is 14.3. The van der Waals surface area contributed by atoms with E-state index in [1.165, 1.54) is 25.3 Å². The SMILES string of the molecule is CCC(c1ccc2ccc(-c3ccnn3CC)cc2c1)n1cc(OC)c(-c2cc(Cl)ccc2-n2cc(C(F)(F)F)nn2)cc1=O. The van der Waals surface area contributed by atoms with Crippen molar-refractivity contribution in [2.24, 2.45) is 0 Å². The van der Waals surface area contributed by atoms with Crippen LogP contribution < -0.4 is 10.3 Å². The summed E-state index contributed by atoms with van der Waals surface area (Å²) in [5.41, 5.74) is 2.50. The minimum absolute atomic E-state index is 0.250. The van der Waals surface area contributed by atoms with Gasteiger partial charge in [-0.25, -0.2) is 4.68 Å². The van der Waals surface area contributed by atoms with Crippen molar-refractivity contribution in [1.82, 2.24) is 29.3 Å². The highest BCUT2D eigenvalue weighted by Crippen LogP contribution is 2.37. The van der Waals surface area contributed by atoms with Crippen LogP contribution in [0.2, 0.25) is 5.02 Å². The molecule has 0 fully saturated rings. The Morgan fingerprint density at radius 2 is 1.73 bits per heavy atom. The summed E-state index contributed by atoms with van der Waals surface area (Å²) in [4.78, 5) is 13.7. The largest absolute Gasteiger partial charge is 0.495 e. The van der Waals surface area contributed by atoms with Gasteiger partial charge in [0.2, 0.25) is 0 Å². The molecule has 0 saturated carbocycles. The smallest absolute Gasteiger partial charge is 0.436 e. The Kier molecular flexibility index (Phi) is 7.96. The van der Waals surface area contributed by atoms with Crippen LogP contribution in [0.5, 0.6) is 5.75 Å². The van der Waals surface area contributed by atoms with Gasteiger partial charge in [0, 0.05) is 40.5 Å². The Labute approximate surface area is 261 Å². The van der Waals surface area contributed by atoms with E-state index in [1.54, 1.807) is 23.0 Å². The summed E-state index contributed by atoms with van der Waals surface area (Å²) in [6.07, 6.45) is 0.140. The molecule has 0 radical (unpaired) electrons. The van der Waals surface area contributed by atoms with E-state index < -0.39 is 11.9 Å². The topological polar surface area (TPSA) is 79.8 Å². The second-order valence-corrected chi connectivity index (χ2v) is 10.9. The maximum atomic E-state index is 13.7. The molecule has 0 bridgehead atoms. The highest BCUT2D eigenvalue weighted by molar-refractivity contribution is 6.31. The van der Waals surface area contributed by atoms with Crippen molar-refractivity contribution in [3.05, 3.63) is 112 Å². The number of rotatable bonds is 8. The van der Waals surface area contributed by atoms with Gasteiger partial charge in [0.05, 0.1) is 36.9 Å². The fourth-order valence-corrected chi connectivity index (χ4v) is 5.81. The van der Waals surface area contributed by atoms with Gasteiger partial charge in [0.1, 0.15) is 5.75 Å². The molecule has 3 aromatic carbocycles. The van der Waals surface area contributed by atoms with Crippen LogP contribution in [0.3, 0.4) is 0 Å². The first kappa shape index (κ1) is 30.1. The van der Waals surface area contributed by atoms with Crippen LogP contribution in [-0.4, -0.2) is 36.5 Å². The third-order valence-electron chi connectivity index (χ3n) is 7.83. The first-order chi connectivity index (χ1) is 21.6. The number of fused-ring (bicyclic) bond motifs is 1. The quantitative estimate of drug-likeness (QED) is 0.171. The molecule has 12 heteroatoms. The van der Waals surface area contributed by atoms with E-state index in [4.69, 9.17) is 16.3 Å². The third-order valence-corrected chi connectivity index (χ3v) is 8.06. The number of ether oxygens (including phenoxy) is 1. The monoisotopic (exact) mass is 632 g/mol. The van der Waals surface area contributed by atoms with Crippen molar-refractivity contribution in [3.63, 3.8) is 0 Å². The van der Waals surface area contributed by atoms with Crippen LogP contribution in [0.1, 0.15) is 37.6 Å². The van der Waals surface area contributed by atoms with E-state index >= 15 is 0 Å². The molecule has 6 rings (SSSR count). The molecule has 230 valence electrons. The number of pyridine rings is 1. The zero-order chi connectivity index (χ0) is 31.9. The Bertz CT molecular complexity index is 2080. The number of methoxy groups -OCH3 is 1. The lowest BCUT2D eigenvalue weighted by Gasteiger charge is -2.22. The second-order valence-electron chi connectivity index (χ2n) is 10.5. The lowest BCUT2D eigenvalue weighted by molar-refractivity contribution is -0.141. The van der Waals surface area contributed by atoms with Crippen LogP contribution in [0.15, 0.2) is 90.1 Å². The predicted molar refractivity (Wildman–Crippen MR) is 167 cm³/mol. The van der Waals surface area contributed by atoms with Crippen LogP contribution in [0.25, 0.3) is 38.8 Å². The van der Waals surface area contributed by atoms with E-state index in [-0.39, 0.29) is 17.3 Å². The number of hydrogen-bond donors (Lipinski definition) is 0. The van der Waals surface area contributed by atoms with Gasteiger partial charge in [0.25, 0.3) is 5.56 Å². The molecule has 3 aromatic heterocycles. The van der Waals surface area contributed by atoms with E-state index in [0.717, 1.165) is 45.0 Å². The Morgan fingerprint density at radius 1 is 0.933 bits per heavy atom. The van der Waals surface area contributed by atoms with Crippen LogP contribution >= 0.6 is 11.6 Å². The lowest BCUT2D eigenvalue weighted by Crippen LogP contribution is -2.25. The maximum Gasteiger partial charge on any atom is 0.436 e. The number of aryl methyl sites for hydroxylation is 1. The van der Waals surface area contributed by atoms with E-state index in [1.807, 2.05) is 36.7 Å². The fraction of sp³-hybridized carbons (Fsp3) is 0.212. The predicted octanol–water partition coefficient (Wildman–Crippen LogP) is 7.81. The normalized spacial score (nSPS) is 12.5. The summed E-state index contributed by atoms with van der Waals surface area (Å²) in [6.45, 7) is 4.80. The molecule has 6 aromatic rings. The summed E-state index contributed by atoms with van der Waals surface area (Å²) in [5.74, 6) is 0.337. The average molecular weight is 633 g/mol. The van der Waals surface area contributed by atoms with E-state index in [0.29, 0.717) is 28.3 Å². The van der Waals surface area contributed by atoms with Crippen LogP contribution in [0, 0.1) is 0 Å². The van der Waals surface area contributed by atoms with Gasteiger partial charge in [-0.2, -0.15) is 18.3 Å². The van der Waals surface area contributed by atoms with Crippen molar-refractivity contribution in [2.75, 3.05) is 7.11 Å². The van der Waals surface area contributed by atoms with Gasteiger partial charge in [-0.05, 0) is 66.1 Å². The van der Waals surface area contributed by atoms with Crippen molar-refractivity contribution >= 4 is 22.4 Å². The van der Waals surface area contributed by atoms with Crippen LogP contribution in [0.4, 0.5) is 13.2 Å². The Morgan fingerprint density at radius 3 is 2.44 bits per heavy atom. The molecule has 0 aliphatic rings. The van der Waals surface area contributed by atoms with E-state index in [2.05, 4.69) is 39.7 Å². The Balaban J connectivity index is 1.43. The molecule has 0 amide bonds. The zero-order valence-corrected chi connectivity index (χ0v) is 25.3. The number of halogens is 4. The molecule has 45 heavy (non-hydrogen) atoms. The van der Waals surface area contributed by atoms with Gasteiger partial charge in [-0.3, -0.25) is 9.48 Å². The van der Waals surface area contributed by atoms with Crippen LogP contribution in [-0.2, 0) is 12.7 Å². The number of nitrogens with zero attached hydrogens (tertiary/aromatic N) is 6. The summed E-state index contributed by atoms with van der Waals surface area (Å²) in [6, 6.07) is 20.1. The number of hydrogen-bond acceptors (Lipinski definition) is 5. The third kappa shape index (κ3) is 5.71. The number of benzene rings is 3. The van der Waals surface area contributed by atoms with Gasteiger partial charge in [0.15, 0.2) is 5.69 Å². The molecule has 0 saturated heterocycles. The maximum absolute atomic E-state index is 13.7. The average Bonchev–Trinajstić information content (AvgIpc) is 3.72. The molecule has 8 nitrogen and oxygen atoms in total. The highest BCUT2D eigenvalue weighted by Gasteiger charge is 2.35. The minimum Gasteiger partial charge on any atom is -0.495 e. The summed E-state index contributed by atoms with van der Waals surface area (Å²) < 4.78 is 50.1. The fourth-order valence-electron chi connectivity index (χ4n) is 5.64. The number of aromatic nitrogens is 6. The molecule has 3 heterocycles. The van der Waals surface area contributed by atoms with E-state index in [9.17, 15) is 18.0 Å². The lowest BCUT2D eigenvalue weighted by atomic mass is 9.97. The number of alkyl halides is 3. The van der Waals surface area contributed by atoms with Crippen molar-refractivity contribution in [3.8, 4) is 33.8 Å². The molecule has 1 atom stereocenters. The van der Waals surface area contributed by atoms with Crippen molar-refractivity contribution < 1.29 is 17.9 Å². The standard InChI is InChI=1S/C33H28ClF3N6O2/c1-4-27(21-8-6-20-7-9-22(15-23(20)14-21)28-12-13-38-42(28)5-2)41-18-30(45-3)26(17-32(41)44)25-16-24(34)10-11-29(25)43-19-31(39-40-43)33(35,36)37/h6-19,27H,4-5H2,1-3H3. The highest BCUT2D eigenvalue weighted by atomic mass is 35.5. The summed E-state index contributed by atoms with van der Waals surface area (Å²) in [7, 11) is 1.47. The molecule has 1 unspecified atom stereocenters. The molecular formula is C33H28ClF3N6O2. The summed E-state index contributed by atoms with van der Waals surface area (Å²) in [5, 5.41) is 13.7. The first-order valence-corrected chi connectivity index (χ1v) is 14.6. The van der Waals surface area contributed by atoms with Crippen molar-refractivity contribution in [2.45, 2.75) is 39.0 Å².